The number of rotatable bonds is 4. The summed E-state index contributed by atoms with van der Waals surface area (Å²) in [6.45, 7) is 0. The molecule has 0 radical (unpaired) electrons. The van der Waals surface area contributed by atoms with Crippen LogP contribution in [0.15, 0.2) is 42.5 Å². The van der Waals surface area contributed by atoms with Crippen molar-refractivity contribution in [2.45, 2.75) is 31.7 Å². The summed E-state index contributed by atoms with van der Waals surface area (Å²) in [7, 11) is 3.58. The summed E-state index contributed by atoms with van der Waals surface area (Å²) >= 11 is 0. The summed E-state index contributed by atoms with van der Waals surface area (Å²) in [6.07, 6.45) is 8.32. The lowest BCUT2D eigenvalue weighted by Gasteiger charge is -2.22. The molecule has 0 unspecified atom stereocenters. The third kappa shape index (κ3) is 3.55. The number of ether oxygens (including phenoxy) is 1. The molecule has 0 N–H and O–H groups in total. The molecule has 23 heavy (non-hydrogen) atoms. The van der Waals surface area contributed by atoms with Crippen molar-refractivity contribution in [2.24, 2.45) is 0 Å². The lowest BCUT2D eigenvalue weighted by atomic mass is 10.1. The summed E-state index contributed by atoms with van der Waals surface area (Å²) in [5, 5.41) is 2.28. The minimum Gasteiger partial charge on any atom is -0.497 e. The lowest BCUT2D eigenvalue weighted by Crippen LogP contribution is -2.33. The quantitative estimate of drug-likeness (QED) is 0.790. The van der Waals surface area contributed by atoms with Crippen molar-refractivity contribution in [3.63, 3.8) is 0 Å². The van der Waals surface area contributed by atoms with Crippen molar-refractivity contribution >= 4 is 22.8 Å². The van der Waals surface area contributed by atoms with Crippen molar-refractivity contribution < 1.29 is 9.53 Å². The SMILES string of the molecule is COc1ccc2cc(C=CC(=O)N(C)C3CCCC3)ccc2c1. The minimum absolute atomic E-state index is 0.0896. The van der Waals surface area contributed by atoms with Gasteiger partial charge in [-0.1, -0.05) is 31.0 Å². The first-order valence-corrected chi connectivity index (χ1v) is 8.20. The first kappa shape index (κ1) is 15.6. The highest BCUT2D eigenvalue weighted by molar-refractivity contribution is 5.93. The van der Waals surface area contributed by atoms with Gasteiger partial charge in [0, 0.05) is 19.2 Å². The Hall–Kier alpha value is -2.29. The molecule has 0 aliphatic heterocycles. The number of hydrogen-bond donors (Lipinski definition) is 0. The third-order valence-corrected chi connectivity index (χ3v) is 4.71. The summed E-state index contributed by atoms with van der Waals surface area (Å²) < 4.78 is 5.24. The fourth-order valence-electron chi connectivity index (χ4n) is 3.23. The molecule has 1 aliphatic rings. The molecule has 120 valence electrons. The Morgan fingerprint density at radius 1 is 1.13 bits per heavy atom. The fourth-order valence-corrected chi connectivity index (χ4v) is 3.23. The molecule has 0 aromatic heterocycles. The highest BCUT2D eigenvalue weighted by Gasteiger charge is 2.21. The number of likely N-dealkylation sites (N-methyl/N-ethyl adjacent to an activating group) is 1. The summed E-state index contributed by atoms with van der Waals surface area (Å²) in [5.74, 6) is 0.945. The van der Waals surface area contributed by atoms with Crippen molar-refractivity contribution in [1.82, 2.24) is 4.90 Å². The van der Waals surface area contributed by atoms with E-state index in [2.05, 4.69) is 12.1 Å². The molecular weight excluding hydrogens is 286 g/mol. The molecule has 3 rings (SSSR count). The molecule has 3 nitrogen and oxygen atoms in total. The summed E-state index contributed by atoms with van der Waals surface area (Å²) in [6, 6.07) is 12.6. The van der Waals surface area contributed by atoms with E-state index >= 15 is 0 Å². The maximum Gasteiger partial charge on any atom is 0.246 e. The van der Waals surface area contributed by atoms with E-state index in [1.165, 1.54) is 12.8 Å². The number of amides is 1. The van der Waals surface area contributed by atoms with Gasteiger partial charge in [0.05, 0.1) is 7.11 Å². The second kappa shape index (κ2) is 6.86. The van der Waals surface area contributed by atoms with E-state index in [9.17, 15) is 4.79 Å². The van der Waals surface area contributed by atoms with E-state index in [0.29, 0.717) is 6.04 Å². The van der Waals surface area contributed by atoms with Gasteiger partial charge in [-0.05, 0) is 53.5 Å². The number of carbonyl (C=O) groups excluding carboxylic acids is 1. The Bertz CT molecular complexity index is 729. The first-order valence-electron chi connectivity index (χ1n) is 8.20. The largest absolute Gasteiger partial charge is 0.497 e. The van der Waals surface area contributed by atoms with Gasteiger partial charge in [0.25, 0.3) is 0 Å². The van der Waals surface area contributed by atoms with Gasteiger partial charge in [0.15, 0.2) is 0 Å². The van der Waals surface area contributed by atoms with E-state index in [1.807, 2.05) is 42.3 Å². The van der Waals surface area contributed by atoms with E-state index in [1.54, 1.807) is 13.2 Å². The van der Waals surface area contributed by atoms with Crippen LogP contribution in [0.25, 0.3) is 16.8 Å². The van der Waals surface area contributed by atoms with Gasteiger partial charge in [-0.3, -0.25) is 4.79 Å². The molecule has 0 atom stereocenters. The molecule has 3 heteroatoms. The molecule has 0 spiro atoms. The minimum atomic E-state index is 0.0896. The second-order valence-corrected chi connectivity index (χ2v) is 6.19. The highest BCUT2D eigenvalue weighted by Crippen LogP contribution is 2.24. The molecular formula is C20H23NO2. The van der Waals surface area contributed by atoms with Gasteiger partial charge in [-0.25, -0.2) is 0 Å². The van der Waals surface area contributed by atoms with Crippen LogP contribution in [0.2, 0.25) is 0 Å². The molecule has 1 saturated carbocycles. The topological polar surface area (TPSA) is 29.5 Å². The van der Waals surface area contributed by atoms with Crippen molar-refractivity contribution in [3.8, 4) is 5.75 Å². The Balaban J connectivity index is 1.73. The van der Waals surface area contributed by atoms with Crippen LogP contribution in [0, 0.1) is 0 Å². The number of benzene rings is 2. The molecule has 2 aromatic carbocycles. The standard InChI is InChI=1S/C20H23NO2/c1-21(18-5-3-4-6-18)20(22)12-8-15-7-9-17-14-19(23-2)11-10-16(17)13-15/h7-14,18H,3-6H2,1-2H3. The van der Waals surface area contributed by atoms with Gasteiger partial charge >= 0.3 is 0 Å². The third-order valence-electron chi connectivity index (χ3n) is 4.71. The van der Waals surface area contributed by atoms with Crippen LogP contribution in [-0.2, 0) is 4.79 Å². The van der Waals surface area contributed by atoms with Crippen LogP contribution in [0.1, 0.15) is 31.2 Å². The maximum absolute atomic E-state index is 12.3. The van der Waals surface area contributed by atoms with Gasteiger partial charge in [-0.15, -0.1) is 0 Å². The van der Waals surface area contributed by atoms with Gasteiger partial charge in [-0.2, -0.15) is 0 Å². The maximum atomic E-state index is 12.3. The molecule has 1 fully saturated rings. The predicted molar refractivity (Wildman–Crippen MR) is 94.6 cm³/mol. The van der Waals surface area contributed by atoms with Gasteiger partial charge in [0.2, 0.25) is 5.91 Å². The van der Waals surface area contributed by atoms with Crippen LogP contribution in [-0.4, -0.2) is 31.0 Å². The molecule has 1 amide bonds. The number of nitrogens with zero attached hydrogens (tertiary/aromatic N) is 1. The Morgan fingerprint density at radius 2 is 1.83 bits per heavy atom. The van der Waals surface area contributed by atoms with Crippen molar-refractivity contribution in [3.05, 3.63) is 48.0 Å². The zero-order chi connectivity index (χ0) is 16.2. The predicted octanol–water partition coefficient (Wildman–Crippen LogP) is 4.26. The van der Waals surface area contributed by atoms with Gasteiger partial charge < -0.3 is 9.64 Å². The zero-order valence-electron chi connectivity index (χ0n) is 13.8. The number of hydrogen-bond acceptors (Lipinski definition) is 2. The van der Waals surface area contributed by atoms with E-state index in [4.69, 9.17) is 4.74 Å². The average molecular weight is 309 g/mol. The van der Waals surface area contributed by atoms with Crippen LogP contribution in [0.3, 0.4) is 0 Å². The van der Waals surface area contributed by atoms with Crippen LogP contribution >= 0.6 is 0 Å². The average Bonchev–Trinajstić information content (AvgIpc) is 3.12. The molecule has 0 bridgehead atoms. The number of carbonyl (C=O) groups is 1. The summed E-state index contributed by atoms with van der Waals surface area (Å²) in [4.78, 5) is 14.2. The molecule has 0 saturated heterocycles. The Labute approximate surface area is 137 Å². The van der Waals surface area contributed by atoms with E-state index < -0.39 is 0 Å². The first-order chi connectivity index (χ1) is 11.2. The molecule has 0 heterocycles. The zero-order valence-corrected chi connectivity index (χ0v) is 13.8. The van der Waals surface area contributed by atoms with Gasteiger partial charge in [0.1, 0.15) is 5.75 Å². The second-order valence-electron chi connectivity index (χ2n) is 6.19. The fraction of sp³-hybridized carbons (Fsp3) is 0.350. The Kier molecular flexibility index (Phi) is 4.65. The summed E-state index contributed by atoms with van der Waals surface area (Å²) in [5.41, 5.74) is 1.04. The molecule has 2 aromatic rings. The van der Waals surface area contributed by atoms with Crippen LogP contribution in [0.5, 0.6) is 5.75 Å². The monoisotopic (exact) mass is 309 g/mol. The highest BCUT2D eigenvalue weighted by atomic mass is 16.5. The molecule has 1 aliphatic carbocycles. The smallest absolute Gasteiger partial charge is 0.246 e. The van der Waals surface area contributed by atoms with E-state index in [0.717, 1.165) is 34.9 Å². The lowest BCUT2D eigenvalue weighted by molar-refractivity contribution is -0.126. The van der Waals surface area contributed by atoms with Crippen LogP contribution < -0.4 is 4.74 Å². The number of methoxy groups -OCH3 is 1. The van der Waals surface area contributed by atoms with E-state index in [-0.39, 0.29) is 5.91 Å². The normalized spacial score (nSPS) is 15.4. The van der Waals surface area contributed by atoms with Crippen molar-refractivity contribution in [1.29, 1.82) is 0 Å². The van der Waals surface area contributed by atoms with Crippen molar-refractivity contribution in [2.75, 3.05) is 14.2 Å². The Morgan fingerprint density at radius 3 is 2.57 bits per heavy atom. The number of fused-ring (bicyclic) bond motifs is 1. The van der Waals surface area contributed by atoms with Crippen LogP contribution in [0.4, 0.5) is 0 Å².